The van der Waals surface area contributed by atoms with Gasteiger partial charge in [-0.1, -0.05) is 12.1 Å². The Hall–Kier alpha value is -2.40. The number of likely N-dealkylation sites (tertiary alicyclic amines) is 1. The summed E-state index contributed by atoms with van der Waals surface area (Å²) in [4.78, 5) is 17.4. The molecule has 0 radical (unpaired) electrons. The van der Waals surface area contributed by atoms with Crippen molar-refractivity contribution in [2.75, 3.05) is 19.7 Å². The SMILES string of the molecule is NC(=O)COc1cccc(CN2CCC(c3ccncc3)CC2)c1. The fourth-order valence-electron chi connectivity index (χ4n) is 3.21. The number of carbonyl (C=O) groups is 1. The first-order chi connectivity index (χ1) is 11.7. The van der Waals surface area contributed by atoms with Crippen molar-refractivity contribution in [3.8, 4) is 5.75 Å². The van der Waals surface area contributed by atoms with Gasteiger partial charge in [-0.05, 0) is 67.2 Å². The molecule has 0 atom stereocenters. The second-order valence-corrected chi connectivity index (χ2v) is 6.23. The molecule has 1 aliphatic heterocycles. The Bertz CT molecular complexity index is 667. The van der Waals surface area contributed by atoms with E-state index in [1.165, 1.54) is 24.0 Å². The maximum atomic E-state index is 10.8. The number of ether oxygens (including phenoxy) is 1. The van der Waals surface area contributed by atoms with Crippen molar-refractivity contribution >= 4 is 5.91 Å². The Morgan fingerprint density at radius 2 is 1.96 bits per heavy atom. The van der Waals surface area contributed by atoms with Crippen LogP contribution in [0.1, 0.15) is 29.9 Å². The molecule has 3 rings (SSSR count). The lowest BCUT2D eigenvalue weighted by Gasteiger charge is -2.32. The molecule has 2 N–H and O–H groups in total. The molecule has 0 saturated carbocycles. The number of hydrogen-bond acceptors (Lipinski definition) is 4. The molecule has 2 aromatic rings. The van der Waals surface area contributed by atoms with Crippen LogP contribution in [0.4, 0.5) is 0 Å². The minimum atomic E-state index is -0.460. The van der Waals surface area contributed by atoms with Crippen LogP contribution in [0, 0.1) is 0 Å². The molecule has 1 saturated heterocycles. The number of amides is 1. The summed E-state index contributed by atoms with van der Waals surface area (Å²) in [6, 6.07) is 12.1. The third kappa shape index (κ3) is 4.55. The molecular weight excluding hydrogens is 302 g/mol. The smallest absolute Gasteiger partial charge is 0.255 e. The molecule has 5 nitrogen and oxygen atoms in total. The summed E-state index contributed by atoms with van der Waals surface area (Å²) in [5, 5.41) is 0. The van der Waals surface area contributed by atoms with Gasteiger partial charge in [0.05, 0.1) is 0 Å². The summed E-state index contributed by atoms with van der Waals surface area (Å²) >= 11 is 0. The second kappa shape index (κ2) is 7.93. The van der Waals surface area contributed by atoms with Gasteiger partial charge in [0, 0.05) is 18.9 Å². The molecule has 1 aromatic heterocycles. The number of nitrogens with two attached hydrogens (primary N) is 1. The third-order valence-electron chi connectivity index (χ3n) is 4.45. The quantitative estimate of drug-likeness (QED) is 0.885. The lowest BCUT2D eigenvalue weighted by Crippen LogP contribution is -2.32. The lowest BCUT2D eigenvalue weighted by atomic mass is 9.90. The standard InChI is InChI=1S/C19H23N3O2/c20-19(23)14-24-18-3-1-2-15(12-18)13-22-10-6-17(7-11-22)16-4-8-21-9-5-16/h1-5,8-9,12,17H,6-7,10-11,13-14H2,(H2,20,23). The highest BCUT2D eigenvalue weighted by Gasteiger charge is 2.20. The van der Waals surface area contributed by atoms with E-state index in [-0.39, 0.29) is 6.61 Å². The summed E-state index contributed by atoms with van der Waals surface area (Å²) in [6.45, 7) is 2.98. The van der Waals surface area contributed by atoms with Gasteiger partial charge < -0.3 is 10.5 Å². The zero-order valence-corrected chi connectivity index (χ0v) is 13.7. The predicted octanol–water partition coefficient (Wildman–Crippen LogP) is 2.33. The highest BCUT2D eigenvalue weighted by molar-refractivity contribution is 5.75. The van der Waals surface area contributed by atoms with E-state index in [4.69, 9.17) is 10.5 Å². The minimum Gasteiger partial charge on any atom is -0.484 e. The summed E-state index contributed by atoms with van der Waals surface area (Å²) in [6.07, 6.45) is 6.09. The van der Waals surface area contributed by atoms with Crippen LogP contribution in [-0.4, -0.2) is 35.5 Å². The Morgan fingerprint density at radius 1 is 1.21 bits per heavy atom. The number of rotatable bonds is 6. The van der Waals surface area contributed by atoms with Crippen molar-refractivity contribution in [3.63, 3.8) is 0 Å². The topological polar surface area (TPSA) is 68.5 Å². The van der Waals surface area contributed by atoms with Crippen molar-refractivity contribution < 1.29 is 9.53 Å². The van der Waals surface area contributed by atoms with E-state index in [2.05, 4.69) is 28.1 Å². The zero-order valence-electron chi connectivity index (χ0n) is 13.7. The lowest BCUT2D eigenvalue weighted by molar-refractivity contribution is -0.119. The van der Waals surface area contributed by atoms with Gasteiger partial charge in [0.25, 0.3) is 5.91 Å². The van der Waals surface area contributed by atoms with E-state index in [1.54, 1.807) is 0 Å². The molecule has 24 heavy (non-hydrogen) atoms. The highest BCUT2D eigenvalue weighted by atomic mass is 16.5. The van der Waals surface area contributed by atoms with Crippen LogP contribution in [0.3, 0.4) is 0 Å². The van der Waals surface area contributed by atoms with Crippen molar-refractivity contribution in [1.82, 2.24) is 9.88 Å². The average molecular weight is 325 g/mol. The van der Waals surface area contributed by atoms with E-state index in [1.807, 2.05) is 30.6 Å². The molecular formula is C19H23N3O2. The van der Waals surface area contributed by atoms with Gasteiger partial charge in [-0.2, -0.15) is 0 Å². The van der Waals surface area contributed by atoms with Crippen LogP contribution < -0.4 is 10.5 Å². The summed E-state index contributed by atoms with van der Waals surface area (Å²) in [7, 11) is 0. The van der Waals surface area contributed by atoms with Crippen molar-refractivity contribution in [2.45, 2.75) is 25.3 Å². The van der Waals surface area contributed by atoms with Gasteiger partial charge in [-0.15, -0.1) is 0 Å². The number of benzene rings is 1. The van der Waals surface area contributed by atoms with Gasteiger partial charge >= 0.3 is 0 Å². The van der Waals surface area contributed by atoms with Crippen LogP contribution in [0.25, 0.3) is 0 Å². The molecule has 126 valence electrons. The Balaban J connectivity index is 1.52. The monoisotopic (exact) mass is 325 g/mol. The predicted molar refractivity (Wildman–Crippen MR) is 92.6 cm³/mol. The van der Waals surface area contributed by atoms with E-state index >= 15 is 0 Å². The number of pyridine rings is 1. The molecule has 1 fully saturated rings. The highest BCUT2D eigenvalue weighted by Crippen LogP contribution is 2.28. The first-order valence-electron chi connectivity index (χ1n) is 8.33. The number of hydrogen-bond donors (Lipinski definition) is 1. The van der Waals surface area contributed by atoms with Crippen molar-refractivity contribution in [1.29, 1.82) is 0 Å². The van der Waals surface area contributed by atoms with Gasteiger partial charge in [0.1, 0.15) is 5.75 Å². The number of primary amides is 1. The molecule has 0 spiro atoms. The van der Waals surface area contributed by atoms with Gasteiger partial charge in [0.15, 0.2) is 6.61 Å². The fourth-order valence-corrected chi connectivity index (χ4v) is 3.21. The van der Waals surface area contributed by atoms with Crippen LogP contribution in [0.5, 0.6) is 5.75 Å². The summed E-state index contributed by atoms with van der Waals surface area (Å²) < 4.78 is 5.37. The van der Waals surface area contributed by atoms with Crippen LogP contribution in [-0.2, 0) is 11.3 Å². The van der Waals surface area contributed by atoms with Crippen molar-refractivity contribution in [3.05, 3.63) is 59.9 Å². The first kappa shape index (κ1) is 16.5. The molecule has 1 aromatic carbocycles. The fraction of sp³-hybridized carbons (Fsp3) is 0.368. The van der Waals surface area contributed by atoms with Crippen LogP contribution in [0.2, 0.25) is 0 Å². The van der Waals surface area contributed by atoms with E-state index in [0.29, 0.717) is 11.7 Å². The van der Waals surface area contributed by atoms with Crippen LogP contribution >= 0.6 is 0 Å². The third-order valence-corrected chi connectivity index (χ3v) is 4.45. The Labute approximate surface area is 142 Å². The summed E-state index contributed by atoms with van der Waals surface area (Å²) in [5.41, 5.74) is 7.70. The molecule has 1 aliphatic rings. The van der Waals surface area contributed by atoms with Crippen molar-refractivity contribution in [2.24, 2.45) is 5.73 Å². The Kier molecular flexibility index (Phi) is 5.43. The normalized spacial score (nSPS) is 16.0. The van der Waals surface area contributed by atoms with Gasteiger partial charge in [0.2, 0.25) is 0 Å². The second-order valence-electron chi connectivity index (χ2n) is 6.23. The summed E-state index contributed by atoms with van der Waals surface area (Å²) in [5.74, 6) is 0.867. The van der Waals surface area contributed by atoms with E-state index in [0.717, 1.165) is 19.6 Å². The van der Waals surface area contributed by atoms with E-state index in [9.17, 15) is 4.79 Å². The number of piperidine rings is 1. The Morgan fingerprint density at radius 3 is 2.67 bits per heavy atom. The molecule has 1 amide bonds. The maximum absolute atomic E-state index is 10.8. The molecule has 0 aliphatic carbocycles. The van der Waals surface area contributed by atoms with Gasteiger partial charge in [-0.25, -0.2) is 0 Å². The molecule has 2 heterocycles. The zero-order chi connectivity index (χ0) is 16.8. The first-order valence-corrected chi connectivity index (χ1v) is 8.33. The number of carbonyl (C=O) groups excluding carboxylic acids is 1. The minimum absolute atomic E-state index is 0.0826. The van der Waals surface area contributed by atoms with Gasteiger partial charge in [-0.3, -0.25) is 14.7 Å². The molecule has 0 bridgehead atoms. The molecule has 0 unspecified atom stereocenters. The molecule has 5 heteroatoms. The maximum Gasteiger partial charge on any atom is 0.255 e. The number of aromatic nitrogens is 1. The van der Waals surface area contributed by atoms with Crippen LogP contribution in [0.15, 0.2) is 48.8 Å². The average Bonchev–Trinajstić information content (AvgIpc) is 2.62. The number of nitrogens with zero attached hydrogens (tertiary/aromatic N) is 2. The largest absolute Gasteiger partial charge is 0.484 e. The van der Waals surface area contributed by atoms with E-state index < -0.39 is 5.91 Å².